The van der Waals surface area contributed by atoms with Crippen LogP contribution in [0.1, 0.15) is 15.9 Å². The molecule has 0 unspecified atom stereocenters. The van der Waals surface area contributed by atoms with E-state index in [9.17, 15) is 9.18 Å². The molecule has 0 saturated heterocycles. The molecule has 0 radical (unpaired) electrons. The molecule has 3 rings (SSSR count). The van der Waals surface area contributed by atoms with Gasteiger partial charge in [-0.25, -0.2) is 4.39 Å². The van der Waals surface area contributed by atoms with E-state index in [-0.39, 0.29) is 5.56 Å². The number of carbonyl (C=O) groups excluding carboxylic acids is 1. The number of carbonyl (C=O) groups is 1. The molecule has 4 heteroatoms. The average Bonchev–Trinajstić information content (AvgIpc) is 2.82. The Kier molecular flexibility index (Phi) is 2.41. The minimum absolute atomic E-state index is 0.00319. The highest BCUT2D eigenvalue weighted by Crippen LogP contribution is 2.23. The molecule has 18 heavy (non-hydrogen) atoms. The van der Waals surface area contributed by atoms with Gasteiger partial charge in [0.05, 0.1) is 17.3 Å². The van der Waals surface area contributed by atoms with Gasteiger partial charge in [0, 0.05) is 11.6 Å². The lowest BCUT2D eigenvalue weighted by Gasteiger charge is -1.99. The lowest BCUT2D eigenvalue weighted by molar-refractivity contribution is 0.103. The summed E-state index contributed by atoms with van der Waals surface area (Å²) in [4.78, 5) is 15.8. The Hall–Kier alpha value is -2.49. The topological polar surface area (TPSA) is 43.1 Å². The molecule has 3 nitrogen and oxygen atoms in total. The first kappa shape index (κ1) is 10.7. The van der Waals surface area contributed by atoms with Crippen molar-refractivity contribution in [2.45, 2.75) is 0 Å². The van der Waals surface area contributed by atoms with Gasteiger partial charge in [0.1, 0.15) is 11.8 Å². The van der Waals surface area contributed by atoms with Crippen molar-refractivity contribution in [3.05, 3.63) is 65.9 Å². The van der Waals surface area contributed by atoms with Crippen LogP contribution in [-0.2, 0) is 0 Å². The van der Waals surface area contributed by atoms with E-state index in [2.05, 4.69) is 4.98 Å². The normalized spacial score (nSPS) is 10.7. The molecular formula is C14H8FNO2. The molecule has 0 atom stereocenters. The van der Waals surface area contributed by atoms with Crippen molar-refractivity contribution in [1.29, 1.82) is 0 Å². The zero-order valence-corrected chi connectivity index (χ0v) is 9.26. The van der Waals surface area contributed by atoms with E-state index < -0.39 is 11.6 Å². The van der Waals surface area contributed by atoms with Crippen LogP contribution in [0.4, 0.5) is 4.39 Å². The number of halogens is 1. The van der Waals surface area contributed by atoms with Crippen LogP contribution in [0, 0.1) is 5.82 Å². The fourth-order valence-corrected chi connectivity index (χ4v) is 1.86. The maximum Gasteiger partial charge on any atom is 0.199 e. The summed E-state index contributed by atoms with van der Waals surface area (Å²) >= 11 is 0. The molecule has 88 valence electrons. The highest BCUT2D eigenvalue weighted by atomic mass is 19.1. The van der Waals surface area contributed by atoms with Gasteiger partial charge in [0.15, 0.2) is 11.6 Å². The van der Waals surface area contributed by atoms with Gasteiger partial charge >= 0.3 is 0 Å². The molecule has 0 aliphatic carbocycles. The lowest BCUT2D eigenvalue weighted by atomic mass is 10.0. The molecule has 0 aliphatic heterocycles. The quantitative estimate of drug-likeness (QED) is 0.647. The summed E-state index contributed by atoms with van der Waals surface area (Å²) in [5.41, 5.74) is 0.961. The van der Waals surface area contributed by atoms with Crippen molar-refractivity contribution in [2.24, 2.45) is 0 Å². The largest absolute Gasteiger partial charge is 0.464 e. The third-order valence-corrected chi connectivity index (χ3v) is 2.74. The molecule has 2 heterocycles. The molecule has 0 fully saturated rings. The molecule has 0 amide bonds. The fraction of sp³-hybridized carbons (Fsp3) is 0. The highest BCUT2D eigenvalue weighted by molar-refractivity contribution is 6.15. The number of para-hydroxylation sites is 1. The van der Waals surface area contributed by atoms with Gasteiger partial charge in [-0.05, 0) is 12.1 Å². The standard InChI is InChI=1S/C14H8FNO2/c15-12-7-16-6-5-10(12)14(17)11-8-18-13-4-2-1-3-9(11)13/h1-8H. The second kappa shape index (κ2) is 4.07. The molecule has 3 aromatic rings. The van der Waals surface area contributed by atoms with Gasteiger partial charge in [-0.15, -0.1) is 0 Å². The van der Waals surface area contributed by atoms with E-state index in [0.717, 1.165) is 6.20 Å². The zero-order chi connectivity index (χ0) is 12.5. The van der Waals surface area contributed by atoms with E-state index in [1.807, 2.05) is 6.07 Å². The minimum atomic E-state index is -0.632. The van der Waals surface area contributed by atoms with Gasteiger partial charge < -0.3 is 4.42 Å². The maximum atomic E-state index is 13.5. The maximum absolute atomic E-state index is 13.5. The average molecular weight is 241 g/mol. The second-order valence-corrected chi connectivity index (χ2v) is 3.83. The summed E-state index contributed by atoms with van der Waals surface area (Å²) in [6, 6.07) is 8.50. The van der Waals surface area contributed by atoms with Crippen LogP contribution < -0.4 is 0 Å². The van der Waals surface area contributed by atoms with Crippen molar-refractivity contribution < 1.29 is 13.6 Å². The number of benzene rings is 1. The van der Waals surface area contributed by atoms with Crippen LogP contribution in [0.3, 0.4) is 0 Å². The highest BCUT2D eigenvalue weighted by Gasteiger charge is 2.18. The van der Waals surface area contributed by atoms with E-state index >= 15 is 0 Å². The third kappa shape index (κ3) is 1.59. The summed E-state index contributed by atoms with van der Waals surface area (Å²) in [6.45, 7) is 0. The first-order chi connectivity index (χ1) is 8.77. The van der Waals surface area contributed by atoms with Gasteiger partial charge in [-0.3, -0.25) is 9.78 Å². The smallest absolute Gasteiger partial charge is 0.199 e. The third-order valence-electron chi connectivity index (χ3n) is 2.74. The SMILES string of the molecule is O=C(c1ccncc1F)c1coc2ccccc12. The van der Waals surface area contributed by atoms with Crippen LogP contribution in [0.5, 0.6) is 0 Å². The number of hydrogen-bond donors (Lipinski definition) is 0. The number of pyridine rings is 1. The molecule has 1 aromatic carbocycles. The van der Waals surface area contributed by atoms with Crippen molar-refractivity contribution in [3.63, 3.8) is 0 Å². The van der Waals surface area contributed by atoms with E-state index in [4.69, 9.17) is 4.42 Å². The number of fused-ring (bicyclic) bond motifs is 1. The van der Waals surface area contributed by atoms with Crippen LogP contribution >= 0.6 is 0 Å². The van der Waals surface area contributed by atoms with Gasteiger partial charge in [0.2, 0.25) is 0 Å². The second-order valence-electron chi connectivity index (χ2n) is 3.83. The Balaban J connectivity index is 2.16. The number of hydrogen-bond acceptors (Lipinski definition) is 3. The number of furan rings is 1. The monoisotopic (exact) mass is 241 g/mol. The Morgan fingerprint density at radius 3 is 2.83 bits per heavy atom. The van der Waals surface area contributed by atoms with E-state index in [0.29, 0.717) is 16.5 Å². The number of ketones is 1. The van der Waals surface area contributed by atoms with Crippen LogP contribution in [0.15, 0.2) is 53.4 Å². The Morgan fingerprint density at radius 2 is 2.00 bits per heavy atom. The van der Waals surface area contributed by atoms with Crippen molar-refractivity contribution >= 4 is 16.8 Å². The first-order valence-electron chi connectivity index (χ1n) is 5.38. The Bertz CT molecular complexity index is 733. The summed E-state index contributed by atoms with van der Waals surface area (Å²) < 4.78 is 18.8. The van der Waals surface area contributed by atoms with E-state index in [1.165, 1.54) is 18.5 Å². The van der Waals surface area contributed by atoms with Crippen LogP contribution in [0.25, 0.3) is 11.0 Å². The van der Waals surface area contributed by atoms with Gasteiger partial charge in [-0.1, -0.05) is 18.2 Å². The summed E-state index contributed by atoms with van der Waals surface area (Å²) in [7, 11) is 0. The number of nitrogens with zero attached hydrogens (tertiary/aromatic N) is 1. The predicted molar refractivity (Wildman–Crippen MR) is 63.8 cm³/mol. The van der Waals surface area contributed by atoms with Crippen molar-refractivity contribution in [2.75, 3.05) is 0 Å². The molecular weight excluding hydrogens is 233 g/mol. The van der Waals surface area contributed by atoms with Crippen molar-refractivity contribution in [1.82, 2.24) is 4.98 Å². The lowest BCUT2D eigenvalue weighted by Crippen LogP contribution is -2.03. The number of aromatic nitrogens is 1. The van der Waals surface area contributed by atoms with Crippen LogP contribution in [-0.4, -0.2) is 10.8 Å². The molecule has 0 N–H and O–H groups in total. The fourth-order valence-electron chi connectivity index (χ4n) is 1.86. The Morgan fingerprint density at radius 1 is 1.17 bits per heavy atom. The first-order valence-corrected chi connectivity index (χ1v) is 5.38. The minimum Gasteiger partial charge on any atom is -0.464 e. The predicted octanol–water partition coefficient (Wildman–Crippen LogP) is 3.20. The van der Waals surface area contributed by atoms with E-state index in [1.54, 1.807) is 18.2 Å². The molecule has 0 aliphatic rings. The van der Waals surface area contributed by atoms with Crippen molar-refractivity contribution in [3.8, 4) is 0 Å². The Labute approximate surface area is 102 Å². The molecule has 2 aromatic heterocycles. The molecule has 0 bridgehead atoms. The zero-order valence-electron chi connectivity index (χ0n) is 9.26. The van der Waals surface area contributed by atoms with Gasteiger partial charge in [-0.2, -0.15) is 0 Å². The summed E-state index contributed by atoms with van der Waals surface area (Å²) in [6.07, 6.45) is 3.76. The summed E-state index contributed by atoms with van der Waals surface area (Å²) in [5, 5.41) is 0.679. The molecule has 0 saturated carbocycles. The number of rotatable bonds is 2. The molecule has 0 spiro atoms. The van der Waals surface area contributed by atoms with Gasteiger partial charge in [0.25, 0.3) is 0 Å². The van der Waals surface area contributed by atoms with Crippen LogP contribution in [0.2, 0.25) is 0 Å². The summed E-state index contributed by atoms with van der Waals surface area (Å²) in [5.74, 6) is -1.03.